The lowest BCUT2D eigenvalue weighted by atomic mass is 9.86. The minimum Gasteiger partial charge on any atom is -0.506 e. The Hall–Kier alpha value is -2.27. The fourth-order valence-corrected chi connectivity index (χ4v) is 4.18. The first-order valence-electron chi connectivity index (χ1n) is 9.68. The van der Waals surface area contributed by atoms with Gasteiger partial charge in [0.1, 0.15) is 11.5 Å². The summed E-state index contributed by atoms with van der Waals surface area (Å²) in [7, 11) is 0. The zero-order valence-electron chi connectivity index (χ0n) is 16.3. The van der Waals surface area contributed by atoms with Crippen LogP contribution in [0, 0.1) is 13.8 Å². The van der Waals surface area contributed by atoms with E-state index >= 15 is 0 Å². The van der Waals surface area contributed by atoms with E-state index in [1.807, 2.05) is 19.9 Å². The summed E-state index contributed by atoms with van der Waals surface area (Å²) in [5.74, 6) is 0.0434. The summed E-state index contributed by atoms with van der Waals surface area (Å²) in [6.07, 6.45) is 6.29. The van der Waals surface area contributed by atoms with Gasteiger partial charge in [0.25, 0.3) is 0 Å². The van der Waals surface area contributed by atoms with Gasteiger partial charge in [-0.2, -0.15) is 0 Å². The fourth-order valence-electron chi connectivity index (χ4n) is 3.87. The number of aromatic hydroxyl groups is 1. The lowest BCUT2D eigenvalue weighted by Crippen LogP contribution is -2.11. The van der Waals surface area contributed by atoms with Gasteiger partial charge in [-0.05, 0) is 61.6 Å². The maximum absolute atomic E-state index is 10.8. The van der Waals surface area contributed by atoms with E-state index in [9.17, 15) is 9.90 Å². The van der Waals surface area contributed by atoms with Crippen LogP contribution in [0.15, 0.2) is 18.2 Å². The van der Waals surface area contributed by atoms with Crippen molar-refractivity contribution in [1.82, 2.24) is 4.98 Å². The first-order chi connectivity index (χ1) is 13.4. The Labute approximate surface area is 170 Å². The topological polar surface area (TPSA) is 79.7 Å². The van der Waals surface area contributed by atoms with Gasteiger partial charge in [0.2, 0.25) is 0 Å². The molecule has 1 saturated carbocycles. The molecule has 3 rings (SSSR count). The van der Waals surface area contributed by atoms with Crippen LogP contribution in [0.1, 0.15) is 66.1 Å². The maximum Gasteiger partial charge on any atom is 0.341 e. The Bertz CT molecular complexity index is 875. The highest BCUT2D eigenvalue weighted by atomic mass is 35.5. The van der Waals surface area contributed by atoms with Crippen LogP contribution >= 0.6 is 11.6 Å². The number of rotatable bonds is 6. The average Bonchev–Trinajstić information content (AvgIpc) is 2.68. The molecule has 28 heavy (non-hydrogen) atoms. The van der Waals surface area contributed by atoms with Gasteiger partial charge in [-0.25, -0.2) is 4.79 Å². The van der Waals surface area contributed by atoms with Gasteiger partial charge in [0, 0.05) is 23.1 Å². The van der Waals surface area contributed by atoms with Crippen LogP contribution in [0.5, 0.6) is 11.5 Å². The standard InChI is InChI=1S/C22H26ClNO4/c1-13-14(2)20(28-12-21(26)27)11-18(23)17(13)10-16-8-9-19(25)22(24-16)15-6-4-3-5-7-15/h8-9,11,15,25H,3-7,10,12H2,1-2H3,(H,26,27). The number of halogens is 1. The van der Waals surface area contributed by atoms with Gasteiger partial charge in [-0.15, -0.1) is 0 Å². The summed E-state index contributed by atoms with van der Waals surface area (Å²) in [6, 6.07) is 5.24. The molecule has 0 unspecified atom stereocenters. The van der Waals surface area contributed by atoms with Crippen LogP contribution < -0.4 is 4.74 Å². The molecule has 1 aromatic heterocycles. The van der Waals surface area contributed by atoms with E-state index in [2.05, 4.69) is 0 Å². The van der Waals surface area contributed by atoms with Crippen molar-refractivity contribution in [2.75, 3.05) is 6.61 Å². The third-order valence-corrected chi connectivity index (χ3v) is 5.93. The molecule has 1 aliphatic carbocycles. The van der Waals surface area contributed by atoms with Gasteiger partial charge in [-0.3, -0.25) is 4.98 Å². The Morgan fingerprint density at radius 2 is 1.93 bits per heavy atom. The lowest BCUT2D eigenvalue weighted by molar-refractivity contribution is -0.139. The third kappa shape index (κ3) is 4.58. The lowest BCUT2D eigenvalue weighted by Gasteiger charge is -2.22. The molecule has 2 N–H and O–H groups in total. The van der Waals surface area contributed by atoms with Crippen LogP contribution in [0.2, 0.25) is 5.02 Å². The van der Waals surface area contributed by atoms with Gasteiger partial charge in [0.05, 0.1) is 5.69 Å². The molecular weight excluding hydrogens is 378 g/mol. The molecule has 1 heterocycles. The summed E-state index contributed by atoms with van der Waals surface area (Å²) in [4.78, 5) is 15.5. The second-order valence-corrected chi connectivity index (χ2v) is 7.89. The highest BCUT2D eigenvalue weighted by molar-refractivity contribution is 6.31. The van der Waals surface area contributed by atoms with E-state index in [1.165, 1.54) is 19.3 Å². The molecule has 1 aromatic carbocycles. The Morgan fingerprint density at radius 3 is 2.61 bits per heavy atom. The minimum atomic E-state index is -1.03. The smallest absolute Gasteiger partial charge is 0.341 e. The molecule has 6 heteroatoms. The van der Waals surface area contributed by atoms with Crippen molar-refractivity contribution in [2.45, 2.75) is 58.3 Å². The Kier molecular flexibility index (Phi) is 6.45. The maximum atomic E-state index is 10.8. The second kappa shape index (κ2) is 8.82. The van der Waals surface area contributed by atoms with Crippen molar-refractivity contribution in [3.63, 3.8) is 0 Å². The number of carboxylic acids is 1. The van der Waals surface area contributed by atoms with Gasteiger partial charge >= 0.3 is 5.97 Å². The number of benzene rings is 1. The molecule has 0 atom stereocenters. The summed E-state index contributed by atoms with van der Waals surface area (Å²) in [5, 5.41) is 19.6. The van der Waals surface area contributed by atoms with E-state index in [1.54, 1.807) is 12.1 Å². The number of carboxylic acid groups (broad SMARTS) is 1. The van der Waals surface area contributed by atoms with Crippen molar-refractivity contribution in [2.24, 2.45) is 0 Å². The first-order valence-corrected chi connectivity index (χ1v) is 10.1. The zero-order chi connectivity index (χ0) is 20.3. The second-order valence-electron chi connectivity index (χ2n) is 7.49. The Morgan fingerprint density at radius 1 is 1.21 bits per heavy atom. The molecule has 150 valence electrons. The van der Waals surface area contributed by atoms with Gasteiger partial charge < -0.3 is 14.9 Å². The molecule has 1 aliphatic rings. The van der Waals surface area contributed by atoms with Crippen LogP contribution in [-0.2, 0) is 11.2 Å². The number of hydrogen-bond acceptors (Lipinski definition) is 4. The van der Waals surface area contributed by atoms with Crippen LogP contribution in [-0.4, -0.2) is 27.8 Å². The van der Waals surface area contributed by atoms with Crippen molar-refractivity contribution >= 4 is 17.6 Å². The number of aromatic nitrogens is 1. The number of hydrogen-bond donors (Lipinski definition) is 2. The highest BCUT2D eigenvalue weighted by Gasteiger charge is 2.21. The first kappa shape index (κ1) is 20.5. The van der Waals surface area contributed by atoms with Crippen molar-refractivity contribution in [3.05, 3.63) is 51.3 Å². The molecule has 1 fully saturated rings. The largest absolute Gasteiger partial charge is 0.506 e. The normalized spacial score (nSPS) is 14.8. The molecule has 0 amide bonds. The van der Waals surface area contributed by atoms with E-state index in [4.69, 9.17) is 26.4 Å². The van der Waals surface area contributed by atoms with Crippen molar-refractivity contribution in [3.8, 4) is 11.5 Å². The van der Waals surface area contributed by atoms with E-state index in [0.717, 1.165) is 40.9 Å². The summed E-state index contributed by atoms with van der Waals surface area (Å²) in [6.45, 7) is 3.44. The predicted octanol–water partition coefficient (Wildman–Crippen LogP) is 5.16. The number of pyridine rings is 1. The van der Waals surface area contributed by atoms with Crippen LogP contribution in [0.25, 0.3) is 0 Å². The average molecular weight is 404 g/mol. The number of aliphatic carboxylic acids is 1. The number of carbonyl (C=O) groups is 1. The zero-order valence-corrected chi connectivity index (χ0v) is 17.1. The van der Waals surface area contributed by atoms with Crippen LogP contribution in [0.4, 0.5) is 0 Å². The fraction of sp³-hybridized carbons (Fsp3) is 0.455. The molecule has 5 nitrogen and oxygen atoms in total. The molecule has 0 radical (unpaired) electrons. The van der Waals surface area contributed by atoms with E-state index in [0.29, 0.717) is 23.1 Å². The SMILES string of the molecule is Cc1c(OCC(=O)O)cc(Cl)c(Cc2ccc(O)c(C3CCCCC3)n2)c1C. The molecule has 0 bridgehead atoms. The predicted molar refractivity (Wildman–Crippen MR) is 109 cm³/mol. The highest BCUT2D eigenvalue weighted by Crippen LogP contribution is 2.37. The number of nitrogens with zero attached hydrogens (tertiary/aromatic N) is 1. The third-order valence-electron chi connectivity index (χ3n) is 5.59. The monoisotopic (exact) mass is 403 g/mol. The summed E-state index contributed by atoms with van der Waals surface area (Å²) >= 11 is 6.49. The molecule has 2 aromatic rings. The minimum absolute atomic E-state index is 0.270. The number of ether oxygens (including phenoxy) is 1. The van der Waals surface area contributed by atoms with E-state index in [-0.39, 0.29) is 5.75 Å². The van der Waals surface area contributed by atoms with E-state index < -0.39 is 12.6 Å². The molecule has 0 spiro atoms. The van der Waals surface area contributed by atoms with Crippen molar-refractivity contribution < 1.29 is 19.7 Å². The van der Waals surface area contributed by atoms with Gasteiger partial charge in [0.15, 0.2) is 6.61 Å². The van der Waals surface area contributed by atoms with Crippen LogP contribution in [0.3, 0.4) is 0 Å². The molecule has 0 aliphatic heterocycles. The molecular formula is C22H26ClNO4. The van der Waals surface area contributed by atoms with Crippen molar-refractivity contribution in [1.29, 1.82) is 0 Å². The van der Waals surface area contributed by atoms with Gasteiger partial charge in [-0.1, -0.05) is 30.9 Å². The Balaban J connectivity index is 1.87. The summed E-state index contributed by atoms with van der Waals surface area (Å²) in [5.41, 5.74) is 4.43. The summed E-state index contributed by atoms with van der Waals surface area (Å²) < 4.78 is 5.35. The quantitative estimate of drug-likeness (QED) is 0.696. The molecule has 0 saturated heterocycles.